The summed E-state index contributed by atoms with van der Waals surface area (Å²) in [6.45, 7) is 3.51. The van der Waals surface area contributed by atoms with E-state index in [-0.39, 0.29) is 5.56 Å². The van der Waals surface area contributed by atoms with Crippen LogP contribution in [0, 0.1) is 24.1 Å². The summed E-state index contributed by atoms with van der Waals surface area (Å²) in [6.07, 6.45) is 0.524. The summed E-state index contributed by atoms with van der Waals surface area (Å²) in [5, 5.41) is 11.2. The molecule has 1 N–H and O–H groups in total. The Hall–Kier alpha value is -1.89. The molecular weight excluding hydrogens is 207 g/mol. The SMILES string of the molecule is CCC(C#N)NC(=O)c1cc(C)cc(F)c1. The van der Waals surface area contributed by atoms with Crippen molar-refractivity contribution in [2.75, 3.05) is 0 Å². The minimum atomic E-state index is -0.531. The lowest BCUT2D eigenvalue weighted by Crippen LogP contribution is -2.33. The Labute approximate surface area is 93.9 Å². The number of aryl methyl sites for hydroxylation is 1. The third-order valence-corrected chi connectivity index (χ3v) is 2.17. The maximum Gasteiger partial charge on any atom is 0.252 e. The van der Waals surface area contributed by atoms with Crippen LogP contribution in [0.1, 0.15) is 29.3 Å². The number of halogens is 1. The third-order valence-electron chi connectivity index (χ3n) is 2.17. The molecule has 0 aliphatic rings. The maximum absolute atomic E-state index is 13.0. The van der Waals surface area contributed by atoms with Crippen LogP contribution in [0.15, 0.2) is 18.2 Å². The van der Waals surface area contributed by atoms with Crippen LogP contribution in [-0.4, -0.2) is 11.9 Å². The largest absolute Gasteiger partial charge is 0.336 e. The van der Waals surface area contributed by atoms with Crippen LogP contribution in [-0.2, 0) is 0 Å². The van der Waals surface area contributed by atoms with Crippen molar-refractivity contribution in [3.05, 3.63) is 35.1 Å². The Bertz CT molecular complexity index is 417. The Morgan fingerprint density at radius 2 is 2.25 bits per heavy atom. The summed E-state index contributed by atoms with van der Waals surface area (Å²) in [5.74, 6) is -0.869. The summed E-state index contributed by atoms with van der Waals surface area (Å²) >= 11 is 0. The van der Waals surface area contributed by atoms with Gasteiger partial charge in [-0.05, 0) is 37.1 Å². The molecule has 0 saturated carbocycles. The van der Waals surface area contributed by atoms with Crippen molar-refractivity contribution in [3.8, 4) is 6.07 Å². The van der Waals surface area contributed by atoms with Gasteiger partial charge in [-0.2, -0.15) is 5.26 Å². The van der Waals surface area contributed by atoms with Crippen molar-refractivity contribution < 1.29 is 9.18 Å². The number of nitriles is 1. The zero-order chi connectivity index (χ0) is 12.1. The van der Waals surface area contributed by atoms with Gasteiger partial charge in [0, 0.05) is 5.56 Å². The highest BCUT2D eigenvalue weighted by atomic mass is 19.1. The average molecular weight is 220 g/mol. The average Bonchev–Trinajstić information content (AvgIpc) is 2.24. The van der Waals surface area contributed by atoms with Crippen molar-refractivity contribution in [1.82, 2.24) is 5.32 Å². The van der Waals surface area contributed by atoms with Crippen molar-refractivity contribution in [2.45, 2.75) is 26.3 Å². The fourth-order valence-corrected chi connectivity index (χ4v) is 1.33. The Morgan fingerprint density at radius 1 is 1.56 bits per heavy atom. The van der Waals surface area contributed by atoms with Crippen LogP contribution in [0.4, 0.5) is 4.39 Å². The monoisotopic (exact) mass is 220 g/mol. The third kappa shape index (κ3) is 3.06. The van der Waals surface area contributed by atoms with E-state index in [9.17, 15) is 9.18 Å². The maximum atomic E-state index is 13.0. The summed E-state index contributed by atoms with van der Waals surface area (Å²) in [4.78, 5) is 11.6. The second kappa shape index (κ2) is 5.26. The molecule has 0 aliphatic carbocycles. The molecule has 0 spiro atoms. The van der Waals surface area contributed by atoms with Gasteiger partial charge in [0.05, 0.1) is 6.07 Å². The van der Waals surface area contributed by atoms with Gasteiger partial charge in [0.1, 0.15) is 11.9 Å². The van der Waals surface area contributed by atoms with Gasteiger partial charge in [-0.1, -0.05) is 6.92 Å². The molecule has 1 aromatic rings. The van der Waals surface area contributed by atoms with E-state index in [0.717, 1.165) is 6.07 Å². The number of nitrogens with one attached hydrogen (secondary N) is 1. The molecule has 0 fully saturated rings. The fourth-order valence-electron chi connectivity index (χ4n) is 1.33. The lowest BCUT2D eigenvalue weighted by Gasteiger charge is -2.09. The zero-order valence-corrected chi connectivity index (χ0v) is 9.25. The van der Waals surface area contributed by atoms with Crippen molar-refractivity contribution in [2.24, 2.45) is 0 Å². The molecule has 1 aromatic carbocycles. The lowest BCUT2D eigenvalue weighted by molar-refractivity contribution is 0.0944. The molecule has 1 rings (SSSR count). The van der Waals surface area contributed by atoms with Gasteiger partial charge in [0.25, 0.3) is 5.91 Å². The van der Waals surface area contributed by atoms with E-state index in [2.05, 4.69) is 5.32 Å². The standard InChI is InChI=1S/C12H13FN2O/c1-3-11(7-14)15-12(16)9-4-8(2)5-10(13)6-9/h4-6,11H,3H2,1-2H3,(H,15,16). The molecule has 0 aliphatic heterocycles. The topological polar surface area (TPSA) is 52.9 Å². The van der Waals surface area contributed by atoms with E-state index in [1.54, 1.807) is 19.9 Å². The lowest BCUT2D eigenvalue weighted by atomic mass is 10.1. The predicted octanol–water partition coefficient (Wildman–Crippen LogP) is 2.17. The number of benzene rings is 1. The quantitative estimate of drug-likeness (QED) is 0.848. The number of nitrogens with zero attached hydrogens (tertiary/aromatic N) is 1. The van der Waals surface area contributed by atoms with E-state index in [1.807, 2.05) is 6.07 Å². The van der Waals surface area contributed by atoms with Crippen LogP contribution in [0.2, 0.25) is 0 Å². The van der Waals surface area contributed by atoms with Gasteiger partial charge >= 0.3 is 0 Å². The molecule has 0 saturated heterocycles. The van der Waals surface area contributed by atoms with Gasteiger partial charge < -0.3 is 5.32 Å². The Kier molecular flexibility index (Phi) is 4.01. The van der Waals surface area contributed by atoms with Gasteiger partial charge in [0.2, 0.25) is 0 Å². The highest BCUT2D eigenvalue weighted by molar-refractivity contribution is 5.94. The van der Waals surface area contributed by atoms with Gasteiger partial charge in [-0.3, -0.25) is 4.79 Å². The summed E-state index contributed by atoms with van der Waals surface area (Å²) in [6, 6.07) is 5.52. The van der Waals surface area contributed by atoms with E-state index >= 15 is 0 Å². The van der Waals surface area contributed by atoms with Crippen molar-refractivity contribution in [1.29, 1.82) is 5.26 Å². The number of hydrogen-bond donors (Lipinski definition) is 1. The van der Waals surface area contributed by atoms with Crippen LogP contribution >= 0.6 is 0 Å². The molecule has 0 aromatic heterocycles. The van der Waals surface area contributed by atoms with Gasteiger partial charge in [-0.25, -0.2) is 4.39 Å². The van der Waals surface area contributed by atoms with Crippen LogP contribution in [0.25, 0.3) is 0 Å². The minimum Gasteiger partial charge on any atom is -0.336 e. The molecule has 84 valence electrons. The second-order valence-corrected chi connectivity index (χ2v) is 3.58. The predicted molar refractivity (Wildman–Crippen MR) is 58.3 cm³/mol. The first-order chi connectivity index (χ1) is 7.56. The molecular formula is C12H13FN2O. The Balaban J connectivity index is 2.85. The van der Waals surface area contributed by atoms with E-state index in [4.69, 9.17) is 5.26 Å². The van der Waals surface area contributed by atoms with E-state index < -0.39 is 17.8 Å². The fraction of sp³-hybridized carbons (Fsp3) is 0.333. The van der Waals surface area contributed by atoms with Crippen LogP contribution in [0.3, 0.4) is 0 Å². The van der Waals surface area contributed by atoms with E-state index in [0.29, 0.717) is 12.0 Å². The number of rotatable bonds is 3. The van der Waals surface area contributed by atoms with Crippen molar-refractivity contribution >= 4 is 5.91 Å². The normalized spacial score (nSPS) is 11.6. The molecule has 0 radical (unpaired) electrons. The molecule has 4 heteroatoms. The van der Waals surface area contributed by atoms with Gasteiger partial charge in [-0.15, -0.1) is 0 Å². The first kappa shape index (κ1) is 12.2. The smallest absolute Gasteiger partial charge is 0.252 e. The molecule has 1 unspecified atom stereocenters. The number of amides is 1. The highest BCUT2D eigenvalue weighted by Crippen LogP contribution is 2.08. The summed E-state index contributed by atoms with van der Waals surface area (Å²) < 4.78 is 13.0. The molecule has 1 atom stereocenters. The molecule has 1 amide bonds. The summed E-state index contributed by atoms with van der Waals surface area (Å²) in [7, 11) is 0. The number of hydrogen-bond acceptors (Lipinski definition) is 2. The van der Waals surface area contributed by atoms with Gasteiger partial charge in [0.15, 0.2) is 0 Å². The first-order valence-corrected chi connectivity index (χ1v) is 5.04. The van der Waals surface area contributed by atoms with Crippen LogP contribution in [0.5, 0.6) is 0 Å². The minimum absolute atomic E-state index is 0.242. The molecule has 0 heterocycles. The van der Waals surface area contributed by atoms with E-state index in [1.165, 1.54) is 6.07 Å². The number of carbonyl (C=O) groups is 1. The highest BCUT2D eigenvalue weighted by Gasteiger charge is 2.12. The summed E-state index contributed by atoms with van der Waals surface area (Å²) in [5.41, 5.74) is 0.918. The van der Waals surface area contributed by atoms with Crippen molar-refractivity contribution in [3.63, 3.8) is 0 Å². The molecule has 3 nitrogen and oxygen atoms in total. The molecule has 0 bridgehead atoms. The number of carbonyl (C=O) groups excluding carboxylic acids is 1. The Morgan fingerprint density at radius 3 is 2.75 bits per heavy atom. The molecule has 16 heavy (non-hydrogen) atoms. The first-order valence-electron chi connectivity index (χ1n) is 5.04. The van der Waals surface area contributed by atoms with Crippen LogP contribution < -0.4 is 5.32 Å². The second-order valence-electron chi connectivity index (χ2n) is 3.58. The zero-order valence-electron chi connectivity index (χ0n) is 9.25.